The first-order valence-electron chi connectivity index (χ1n) is 20.9. The molecule has 0 amide bonds. The lowest BCUT2D eigenvalue weighted by atomic mass is 9.99. The van der Waals surface area contributed by atoms with Crippen LogP contribution in [0.1, 0.15) is 128 Å². The van der Waals surface area contributed by atoms with Crippen LogP contribution < -0.4 is 0 Å². The molecule has 0 bridgehead atoms. The third-order valence-electron chi connectivity index (χ3n) is 11.8. The van der Waals surface area contributed by atoms with Gasteiger partial charge in [0.1, 0.15) is 39.6 Å². The largest absolute Gasteiger partial charge is 0.379 e. The lowest BCUT2D eigenvalue weighted by Gasteiger charge is -2.40. The molecule has 0 aromatic carbocycles. The Morgan fingerprint density at radius 3 is 1.09 bits per heavy atom. The van der Waals surface area contributed by atoms with Crippen LogP contribution in [0.15, 0.2) is 0 Å². The second-order valence-electron chi connectivity index (χ2n) is 15.8. The van der Waals surface area contributed by atoms with Crippen LogP contribution in [-0.2, 0) is 66.3 Å². The van der Waals surface area contributed by atoms with E-state index in [1.54, 1.807) is 14.2 Å². The number of ether oxygens (including phenoxy) is 14. The Kier molecular flexibility index (Phi) is 21.1. The molecule has 334 valence electrons. The number of hydrogen-bond acceptors (Lipinski definition) is 14. The van der Waals surface area contributed by atoms with Crippen LogP contribution in [0.5, 0.6) is 0 Å². The molecule has 0 radical (unpaired) electrons. The minimum Gasteiger partial charge on any atom is -0.379 e. The van der Waals surface area contributed by atoms with Crippen molar-refractivity contribution in [2.24, 2.45) is 0 Å². The molecule has 14 heteroatoms. The summed E-state index contributed by atoms with van der Waals surface area (Å²) in [5, 5.41) is 0. The summed E-state index contributed by atoms with van der Waals surface area (Å²) in [6.45, 7) is 28.1. The molecule has 56 heavy (non-hydrogen) atoms. The highest BCUT2D eigenvalue weighted by Gasteiger charge is 2.53. The van der Waals surface area contributed by atoms with Crippen LogP contribution in [0.25, 0.3) is 0 Å². The van der Waals surface area contributed by atoms with Gasteiger partial charge < -0.3 is 66.3 Å². The maximum Gasteiger partial charge on any atom is 0.217 e. The Morgan fingerprint density at radius 1 is 0.393 bits per heavy atom. The zero-order valence-electron chi connectivity index (χ0n) is 36.6. The van der Waals surface area contributed by atoms with Gasteiger partial charge >= 0.3 is 0 Å². The molecular weight excluding hydrogens is 728 g/mol. The van der Waals surface area contributed by atoms with Crippen molar-refractivity contribution in [3.63, 3.8) is 0 Å². The molecule has 14 nitrogen and oxygen atoms in total. The maximum atomic E-state index is 6.10. The molecule has 0 saturated carbocycles. The minimum absolute atomic E-state index is 0. The summed E-state index contributed by atoms with van der Waals surface area (Å²) in [7, 11) is 3.28. The van der Waals surface area contributed by atoms with Crippen molar-refractivity contribution >= 4 is 0 Å². The van der Waals surface area contributed by atoms with Crippen molar-refractivity contribution in [3.05, 3.63) is 0 Å². The van der Waals surface area contributed by atoms with E-state index in [-0.39, 0.29) is 30.0 Å². The van der Waals surface area contributed by atoms with Crippen molar-refractivity contribution < 1.29 is 66.3 Å². The van der Waals surface area contributed by atoms with Gasteiger partial charge in [-0.1, -0.05) is 62.8 Å². The molecule has 0 unspecified atom stereocenters. The second-order valence-corrected chi connectivity index (χ2v) is 15.8. The molecule has 6 heterocycles. The zero-order valence-corrected chi connectivity index (χ0v) is 36.6. The van der Waals surface area contributed by atoms with E-state index in [1.807, 2.05) is 13.8 Å². The lowest BCUT2D eigenvalue weighted by Crippen LogP contribution is -2.53. The van der Waals surface area contributed by atoms with Crippen LogP contribution in [-0.4, -0.2) is 146 Å². The second kappa shape index (κ2) is 22.9. The third kappa shape index (κ3) is 13.5. The van der Waals surface area contributed by atoms with Gasteiger partial charge in [-0.15, -0.1) is 0 Å². The zero-order chi connectivity index (χ0) is 40.7. The molecule has 0 N–H and O–H groups in total. The van der Waals surface area contributed by atoms with E-state index in [0.29, 0.717) is 72.7 Å². The van der Waals surface area contributed by atoms with E-state index in [9.17, 15) is 0 Å². The van der Waals surface area contributed by atoms with Gasteiger partial charge in [0, 0.05) is 14.2 Å². The Bertz CT molecular complexity index is 1010. The lowest BCUT2D eigenvalue weighted by molar-refractivity contribution is -0.357. The first-order valence-corrected chi connectivity index (χ1v) is 20.9. The smallest absolute Gasteiger partial charge is 0.217 e. The maximum absolute atomic E-state index is 6.10. The van der Waals surface area contributed by atoms with E-state index < -0.39 is 23.1 Å². The van der Waals surface area contributed by atoms with E-state index in [2.05, 4.69) is 55.4 Å². The summed E-state index contributed by atoms with van der Waals surface area (Å²) < 4.78 is 78.8. The predicted octanol–water partition coefficient (Wildman–Crippen LogP) is 7.17. The van der Waals surface area contributed by atoms with Crippen LogP contribution in [0.2, 0.25) is 0 Å². The van der Waals surface area contributed by atoms with Gasteiger partial charge in [-0.25, -0.2) is 0 Å². The van der Waals surface area contributed by atoms with Crippen molar-refractivity contribution in [2.45, 2.75) is 174 Å². The van der Waals surface area contributed by atoms with E-state index in [4.69, 9.17) is 66.3 Å². The van der Waals surface area contributed by atoms with Crippen molar-refractivity contribution in [1.82, 2.24) is 0 Å². The van der Waals surface area contributed by atoms with Gasteiger partial charge in [-0.3, -0.25) is 0 Å². The van der Waals surface area contributed by atoms with Crippen LogP contribution in [0, 0.1) is 0 Å². The van der Waals surface area contributed by atoms with Crippen LogP contribution in [0.3, 0.4) is 0 Å². The molecule has 0 aromatic heterocycles. The van der Waals surface area contributed by atoms with Gasteiger partial charge in [0.15, 0.2) is 11.6 Å². The van der Waals surface area contributed by atoms with Crippen molar-refractivity contribution in [1.29, 1.82) is 0 Å². The summed E-state index contributed by atoms with van der Waals surface area (Å²) in [6.07, 6.45) is 7.64. The van der Waals surface area contributed by atoms with Gasteiger partial charge in [0.05, 0.1) is 63.1 Å². The van der Waals surface area contributed by atoms with Gasteiger partial charge in [-0.2, -0.15) is 0 Å². The molecule has 0 aromatic rings. The fraction of sp³-hybridized carbons (Fsp3) is 1.00. The van der Waals surface area contributed by atoms with E-state index >= 15 is 0 Å². The SMILES string of the molecule is C.CCC1(CC)COC(COC)(COC)O1.CCC1(CC)COC2(COC(C)(C)OC2)O1.CCC1(CC)COC2(COCCOC2)O1.CCC1(CC)OCCO1. The summed E-state index contributed by atoms with van der Waals surface area (Å²) in [5.41, 5.74) is -0.470. The van der Waals surface area contributed by atoms with E-state index in [0.717, 1.165) is 64.6 Å². The van der Waals surface area contributed by atoms with Crippen LogP contribution in [0.4, 0.5) is 0 Å². The first-order chi connectivity index (χ1) is 26.2. The monoisotopic (exact) mass is 811 g/mol. The average molecular weight is 811 g/mol. The quantitative estimate of drug-likeness (QED) is 0.198. The van der Waals surface area contributed by atoms with Gasteiger partial charge in [0.2, 0.25) is 17.4 Å². The van der Waals surface area contributed by atoms with Crippen molar-refractivity contribution in [3.8, 4) is 0 Å². The van der Waals surface area contributed by atoms with Crippen molar-refractivity contribution in [2.75, 3.05) is 100 Å². The van der Waals surface area contributed by atoms with Gasteiger partial charge in [0.25, 0.3) is 0 Å². The first kappa shape index (κ1) is 51.6. The Hall–Kier alpha value is -0.560. The number of rotatable bonds is 12. The normalized spacial score (nSPS) is 26.8. The fourth-order valence-electron chi connectivity index (χ4n) is 7.27. The standard InChI is InChI=1S/C12H22O4.C11H20O4.C11H22O4.C7H14O2.CH4/c1-5-11(6-2)7-15-12(16-11)8-13-10(3,4)14-9-12;1-3-10(4-2)7-14-11(15-10)8-12-5-6-13-9-11;1-5-10(6-2)7-14-11(15-10,8-12-3)9-13-4;1-3-7(4-2)8-5-6-9-7;/h5-9H2,1-4H3;3-9H2,1-2H3;5-9H2,1-4H3;3-6H2,1-2H3;1H4. The molecule has 6 saturated heterocycles. The summed E-state index contributed by atoms with van der Waals surface area (Å²) in [5.74, 6) is -2.79. The highest BCUT2D eigenvalue weighted by atomic mass is 16.8. The summed E-state index contributed by atoms with van der Waals surface area (Å²) >= 11 is 0. The molecule has 6 aliphatic heterocycles. The van der Waals surface area contributed by atoms with E-state index in [1.165, 1.54) is 0 Å². The highest BCUT2D eigenvalue weighted by molar-refractivity contribution is 4.92. The molecule has 2 spiro atoms. The molecule has 0 aliphatic carbocycles. The summed E-state index contributed by atoms with van der Waals surface area (Å²) in [4.78, 5) is 0. The molecular formula is C42H82O14. The van der Waals surface area contributed by atoms with Crippen LogP contribution >= 0.6 is 0 Å². The molecule has 6 aliphatic rings. The van der Waals surface area contributed by atoms with Gasteiger partial charge in [-0.05, 0) is 65.2 Å². The minimum atomic E-state index is -0.713. The Balaban J connectivity index is 0.000000261. The molecule has 6 rings (SSSR count). The molecule has 0 atom stereocenters. The Morgan fingerprint density at radius 2 is 0.768 bits per heavy atom. The number of hydrogen-bond donors (Lipinski definition) is 0. The fourth-order valence-corrected chi connectivity index (χ4v) is 7.27. The molecule has 6 fully saturated rings. The Labute approximate surface area is 339 Å². The number of methoxy groups -OCH3 is 2. The highest BCUT2D eigenvalue weighted by Crippen LogP contribution is 2.41. The summed E-state index contributed by atoms with van der Waals surface area (Å²) in [6, 6.07) is 0. The third-order valence-corrected chi connectivity index (χ3v) is 11.8. The topological polar surface area (TPSA) is 129 Å². The average Bonchev–Trinajstić information content (AvgIpc) is 3.97. The predicted molar refractivity (Wildman–Crippen MR) is 213 cm³/mol.